The third-order valence-corrected chi connectivity index (χ3v) is 3.41. The number of hydrogen-bond acceptors (Lipinski definition) is 5. The molecule has 1 aliphatic heterocycles. The van der Waals surface area contributed by atoms with Gasteiger partial charge in [0.1, 0.15) is 5.56 Å². The van der Waals surface area contributed by atoms with Gasteiger partial charge in [0.15, 0.2) is 5.65 Å². The lowest BCUT2D eigenvalue weighted by atomic mass is 10.1. The molecule has 1 N–H and O–H groups in total. The van der Waals surface area contributed by atoms with Crippen LogP contribution in [0.4, 0.5) is 0 Å². The topological polar surface area (TPSA) is 97.0 Å². The number of hydrogen-bond donors (Lipinski definition) is 1. The van der Waals surface area contributed by atoms with Gasteiger partial charge in [0.2, 0.25) is 0 Å². The monoisotopic (exact) mass is 290 g/mol. The number of rotatable bonds is 3. The quantitative estimate of drug-likeness (QED) is 0.857. The fourth-order valence-corrected chi connectivity index (χ4v) is 2.43. The molecule has 2 aromatic rings. The van der Waals surface area contributed by atoms with Gasteiger partial charge in [0.25, 0.3) is 5.91 Å². The van der Waals surface area contributed by atoms with Gasteiger partial charge >= 0.3 is 5.97 Å². The van der Waals surface area contributed by atoms with Gasteiger partial charge in [-0.15, -0.1) is 0 Å². The van der Waals surface area contributed by atoms with Crippen LogP contribution in [-0.4, -0.2) is 62.3 Å². The third-order valence-electron chi connectivity index (χ3n) is 3.41. The van der Waals surface area contributed by atoms with Crippen molar-refractivity contribution in [2.24, 2.45) is 0 Å². The molecule has 1 unspecified atom stereocenters. The van der Waals surface area contributed by atoms with Crippen molar-refractivity contribution in [2.75, 3.05) is 19.8 Å². The maximum Gasteiger partial charge on any atom is 0.305 e. The van der Waals surface area contributed by atoms with E-state index < -0.39 is 12.0 Å². The molecule has 3 rings (SSSR count). The summed E-state index contributed by atoms with van der Waals surface area (Å²) in [6, 6.07) is 1.25. The molecule has 0 aliphatic carbocycles. The number of carboxylic acid groups (broad SMARTS) is 1. The van der Waals surface area contributed by atoms with E-state index in [0.29, 0.717) is 24.4 Å². The van der Waals surface area contributed by atoms with E-state index in [-0.39, 0.29) is 18.9 Å². The first-order chi connectivity index (χ1) is 10.2. The molecular formula is C13H14N4O4. The average molecular weight is 290 g/mol. The predicted molar refractivity (Wildman–Crippen MR) is 70.9 cm³/mol. The van der Waals surface area contributed by atoms with Crippen LogP contribution in [0.25, 0.3) is 5.65 Å². The lowest BCUT2D eigenvalue weighted by Gasteiger charge is -2.34. The van der Waals surface area contributed by atoms with Crippen LogP contribution in [-0.2, 0) is 9.53 Å². The Morgan fingerprint density at radius 2 is 2.33 bits per heavy atom. The first-order valence-electron chi connectivity index (χ1n) is 6.55. The normalized spacial score (nSPS) is 18.9. The highest BCUT2D eigenvalue weighted by Crippen LogP contribution is 2.17. The molecule has 1 saturated heterocycles. The van der Waals surface area contributed by atoms with Crippen molar-refractivity contribution < 1.29 is 19.4 Å². The number of carboxylic acids is 1. The molecule has 0 bridgehead atoms. The molecule has 1 atom stereocenters. The van der Waals surface area contributed by atoms with E-state index in [1.165, 1.54) is 15.6 Å². The van der Waals surface area contributed by atoms with Crippen molar-refractivity contribution in [3.8, 4) is 0 Å². The molecule has 0 aromatic carbocycles. The number of ether oxygens (including phenoxy) is 1. The van der Waals surface area contributed by atoms with Crippen LogP contribution >= 0.6 is 0 Å². The highest BCUT2D eigenvalue weighted by atomic mass is 16.5. The molecule has 1 fully saturated rings. The van der Waals surface area contributed by atoms with Crippen molar-refractivity contribution in [1.82, 2.24) is 19.5 Å². The zero-order valence-electron chi connectivity index (χ0n) is 11.2. The fraction of sp³-hybridized carbons (Fsp3) is 0.385. The van der Waals surface area contributed by atoms with Gasteiger partial charge in [-0.1, -0.05) is 0 Å². The van der Waals surface area contributed by atoms with E-state index in [1.807, 2.05) is 0 Å². The summed E-state index contributed by atoms with van der Waals surface area (Å²) in [6.45, 7) is 0.986. The fourth-order valence-electron chi connectivity index (χ4n) is 2.43. The van der Waals surface area contributed by atoms with E-state index in [2.05, 4.69) is 10.1 Å². The van der Waals surface area contributed by atoms with Gasteiger partial charge in [0, 0.05) is 18.9 Å². The highest BCUT2D eigenvalue weighted by molar-refractivity contribution is 6.00. The van der Waals surface area contributed by atoms with Crippen LogP contribution in [0.15, 0.2) is 24.7 Å². The van der Waals surface area contributed by atoms with Crippen LogP contribution in [0.2, 0.25) is 0 Å². The number of fused-ring (bicyclic) bond motifs is 1. The molecular weight excluding hydrogens is 276 g/mol. The third kappa shape index (κ3) is 2.57. The first kappa shape index (κ1) is 13.5. The van der Waals surface area contributed by atoms with E-state index in [9.17, 15) is 9.59 Å². The summed E-state index contributed by atoms with van der Waals surface area (Å²) in [5.74, 6) is -1.22. The minimum Gasteiger partial charge on any atom is -0.481 e. The Morgan fingerprint density at radius 3 is 3.14 bits per heavy atom. The van der Waals surface area contributed by atoms with Gasteiger partial charge in [-0.2, -0.15) is 5.10 Å². The Kier molecular flexibility index (Phi) is 3.53. The number of aliphatic carboxylic acids is 1. The smallest absolute Gasteiger partial charge is 0.305 e. The maximum atomic E-state index is 12.7. The van der Waals surface area contributed by atoms with E-state index in [4.69, 9.17) is 9.84 Å². The second kappa shape index (κ2) is 5.49. The molecule has 0 radical (unpaired) electrons. The van der Waals surface area contributed by atoms with E-state index >= 15 is 0 Å². The number of aromatic nitrogens is 3. The first-order valence-corrected chi connectivity index (χ1v) is 6.55. The minimum absolute atomic E-state index is 0.140. The van der Waals surface area contributed by atoms with Crippen molar-refractivity contribution >= 4 is 17.5 Å². The summed E-state index contributed by atoms with van der Waals surface area (Å²) in [5, 5.41) is 13.0. The second-order valence-electron chi connectivity index (χ2n) is 4.77. The number of carbonyl (C=O) groups is 2. The number of morpholine rings is 1. The largest absolute Gasteiger partial charge is 0.481 e. The molecule has 0 spiro atoms. The predicted octanol–water partition coefficient (Wildman–Crippen LogP) is 0.0450. The summed E-state index contributed by atoms with van der Waals surface area (Å²) in [7, 11) is 0. The standard InChI is InChI=1S/C13H14N4O4/c18-11(19)6-9-8-21-5-4-16(9)13(20)10-7-15-17-3-1-2-14-12(10)17/h1-3,7,9H,4-6,8H2,(H,18,19). The Hall–Kier alpha value is -2.48. The maximum absolute atomic E-state index is 12.7. The number of nitrogens with zero attached hydrogens (tertiary/aromatic N) is 4. The molecule has 0 saturated carbocycles. The minimum atomic E-state index is -0.957. The summed E-state index contributed by atoms with van der Waals surface area (Å²) in [4.78, 5) is 29.2. The molecule has 110 valence electrons. The number of amides is 1. The number of carbonyl (C=O) groups excluding carboxylic acids is 1. The van der Waals surface area contributed by atoms with E-state index in [1.54, 1.807) is 18.5 Å². The zero-order chi connectivity index (χ0) is 14.8. The summed E-state index contributed by atoms with van der Waals surface area (Å²) < 4.78 is 6.79. The van der Waals surface area contributed by atoms with Crippen LogP contribution in [0.3, 0.4) is 0 Å². The SMILES string of the molecule is O=C(O)CC1COCCN1C(=O)c1cnn2cccnc12. The lowest BCUT2D eigenvalue weighted by molar-refractivity contribution is -0.139. The molecule has 3 heterocycles. The molecule has 2 aromatic heterocycles. The van der Waals surface area contributed by atoms with E-state index in [0.717, 1.165) is 0 Å². The Bertz CT molecular complexity index is 684. The Labute approximate surface area is 119 Å². The summed E-state index contributed by atoms with van der Waals surface area (Å²) >= 11 is 0. The van der Waals surface area contributed by atoms with Gasteiger partial charge in [-0.05, 0) is 6.07 Å². The van der Waals surface area contributed by atoms with Crippen molar-refractivity contribution in [3.05, 3.63) is 30.2 Å². The van der Waals surface area contributed by atoms with Crippen molar-refractivity contribution in [1.29, 1.82) is 0 Å². The molecule has 8 nitrogen and oxygen atoms in total. The lowest BCUT2D eigenvalue weighted by Crippen LogP contribution is -2.49. The molecule has 8 heteroatoms. The Morgan fingerprint density at radius 1 is 1.48 bits per heavy atom. The van der Waals surface area contributed by atoms with Crippen LogP contribution < -0.4 is 0 Å². The average Bonchev–Trinajstić information content (AvgIpc) is 2.90. The zero-order valence-corrected chi connectivity index (χ0v) is 11.2. The van der Waals surface area contributed by atoms with Crippen molar-refractivity contribution in [2.45, 2.75) is 12.5 Å². The van der Waals surface area contributed by atoms with Gasteiger partial charge < -0.3 is 14.7 Å². The Balaban J connectivity index is 1.90. The van der Waals surface area contributed by atoms with Crippen LogP contribution in [0.5, 0.6) is 0 Å². The van der Waals surface area contributed by atoms with Crippen LogP contribution in [0.1, 0.15) is 16.8 Å². The van der Waals surface area contributed by atoms with Crippen LogP contribution in [0, 0.1) is 0 Å². The molecule has 21 heavy (non-hydrogen) atoms. The van der Waals surface area contributed by atoms with Gasteiger partial charge in [-0.3, -0.25) is 9.59 Å². The molecule has 1 aliphatic rings. The second-order valence-corrected chi connectivity index (χ2v) is 4.77. The summed E-state index contributed by atoms with van der Waals surface area (Å²) in [5.41, 5.74) is 0.830. The van der Waals surface area contributed by atoms with Crippen molar-refractivity contribution in [3.63, 3.8) is 0 Å². The van der Waals surface area contributed by atoms with Gasteiger partial charge in [-0.25, -0.2) is 9.50 Å². The molecule has 1 amide bonds. The highest BCUT2D eigenvalue weighted by Gasteiger charge is 2.31. The van der Waals surface area contributed by atoms with Gasteiger partial charge in [0.05, 0.1) is 31.9 Å². The summed E-state index contributed by atoms with van der Waals surface area (Å²) in [6.07, 6.45) is 4.60.